The second kappa shape index (κ2) is 16.5. The number of amides is 2. The van der Waals surface area contributed by atoms with E-state index in [2.05, 4.69) is 38.9 Å². The Morgan fingerprint density at radius 1 is 0.964 bits per heavy atom. The molecule has 12 nitrogen and oxygen atoms in total. The van der Waals surface area contributed by atoms with Crippen molar-refractivity contribution in [1.29, 1.82) is 0 Å². The summed E-state index contributed by atoms with van der Waals surface area (Å²) in [5.41, 5.74) is 5.18. The van der Waals surface area contributed by atoms with Gasteiger partial charge in [0.1, 0.15) is 34.5 Å². The van der Waals surface area contributed by atoms with Crippen molar-refractivity contribution in [2.45, 2.75) is 97.6 Å². The number of benzene rings is 2. The van der Waals surface area contributed by atoms with E-state index in [0.29, 0.717) is 60.1 Å². The van der Waals surface area contributed by atoms with Crippen LogP contribution in [-0.2, 0) is 25.5 Å². The number of hydrogen-bond donors (Lipinski definition) is 1. The van der Waals surface area contributed by atoms with Gasteiger partial charge < -0.3 is 4.74 Å². The van der Waals surface area contributed by atoms with Crippen LogP contribution in [0.1, 0.15) is 108 Å². The summed E-state index contributed by atoms with van der Waals surface area (Å²) in [6, 6.07) is 12.1. The first-order chi connectivity index (χ1) is 26.5. The number of rotatable bonds is 14. The lowest BCUT2D eigenvalue weighted by Crippen LogP contribution is -2.45. The lowest BCUT2D eigenvalue weighted by molar-refractivity contribution is -0.135. The zero-order valence-electron chi connectivity index (χ0n) is 31.5. The molecule has 2 atom stereocenters. The van der Waals surface area contributed by atoms with Gasteiger partial charge >= 0.3 is 0 Å². The first kappa shape index (κ1) is 38.4. The summed E-state index contributed by atoms with van der Waals surface area (Å²) < 4.78 is 9.41. The summed E-state index contributed by atoms with van der Waals surface area (Å²) in [5, 5.41) is 13.4. The summed E-state index contributed by atoms with van der Waals surface area (Å²) in [5.74, 6) is 1.20. The van der Waals surface area contributed by atoms with E-state index >= 15 is 0 Å². The fourth-order valence-electron chi connectivity index (χ4n) is 7.52. The molecular formula is C41H44ClN7O5S. The zero-order valence-corrected chi connectivity index (χ0v) is 33.1. The molecule has 1 fully saturated rings. The summed E-state index contributed by atoms with van der Waals surface area (Å²) in [6.45, 7) is 8.98. The maximum Gasteiger partial charge on any atom is 0.262 e. The molecule has 5 aromatic rings. The van der Waals surface area contributed by atoms with Crippen LogP contribution in [0.5, 0.6) is 0 Å². The van der Waals surface area contributed by atoms with Gasteiger partial charge in [-0.1, -0.05) is 35.9 Å². The number of ether oxygens (including phenoxy) is 1. The first-order valence-electron chi connectivity index (χ1n) is 18.8. The highest BCUT2D eigenvalue weighted by Crippen LogP contribution is 2.40. The third-order valence-electron chi connectivity index (χ3n) is 10.5. The highest BCUT2D eigenvalue weighted by Gasteiger charge is 2.33. The standard InChI is InChI=1S/C41H44ClN7O5S/c1-23-24(2)55-41-35(23)37(28-14-16-29(42)17-15-28)44-32(38-47-46-26(4)49(38)41)22-30(50)12-6-8-21-54-20-7-5-10-27-11-9-13-31-36(27)40(53)48(25(3)43-31)33-18-19-34(51)45-39(33)52/h9,11,13-17,32-33H,5-8,10,12,18-22H2,1-4H3,(H,45,51,52)/t32-,33?/m0/s1. The third-order valence-corrected chi connectivity index (χ3v) is 11.9. The smallest absolute Gasteiger partial charge is 0.262 e. The summed E-state index contributed by atoms with van der Waals surface area (Å²) in [6.07, 6.45) is 4.83. The number of nitrogens with one attached hydrogen (secondary N) is 1. The van der Waals surface area contributed by atoms with Crippen molar-refractivity contribution in [3.8, 4) is 5.00 Å². The predicted molar refractivity (Wildman–Crippen MR) is 213 cm³/mol. The van der Waals surface area contributed by atoms with Crippen LogP contribution in [0.4, 0.5) is 0 Å². The molecule has 1 N–H and O–H groups in total. The molecule has 1 saturated heterocycles. The summed E-state index contributed by atoms with van der Waals surface area (Å²) >= 11 is 7.92. The number of imide groups is 1. The van der Waals surface area contributed by atoms with E-state index in [-0.39, 0.29) is 36.5 Å². The topological polar surface area (TPSA) is 150 Å². The molecule has 7 rings (SSSR count). The van der Waals surface area contributed by atoms with E-state index in [1.165, 1.54) is 9.44 Å². The normalized spacial score (nSPS) is 16.8. The molecule has 0 saturated carbocycles. The Labute approximate surface area is 328 Å². The van der Waals surface area contributed by atoms with E-state index < -0.39 is 18.0 Å². The Morgan fingerprint density at radius 2 is 1.73 bits per heavy atom. The van der Waals surface area contributed by atoms with Gasteiger partial charge in [-0.25, -0.2) is 4.98 Å². The number of carbonyl (C=O) groups is 3. The highest BCUT2D eigenvalue weighted by molar-refractivity contribution is 7.15. The van der Waals surface area contributed by atoms with Gasteiger partial charge in [-0.15, -0.1) is 21.5 Å². The van der Waals surface area contributed by atoms with Gasteiger partial charge in [0, 0.05) is 53.5 Å². The number of thiophene rings is 1. The Hall–Kier alpha value is -4.85. The van der Waals surface area contributed by atoms with Gasteiger partial charge in [0.25, 0.3) is 5.56 Å². The molecule has 286 valence electrons. The minimum atomic E-state index is -0.758. The second-order valence-corrected chi connectivity index (χ2v) is 15.9. The minimum absolute atomic E-state index is 0.117. The second-order valence-electron chi connectivity index (χ2n) is 14.3. The van der Waals surface area contributed by atoms with Crippen molar-refractivity contribution in [3.63, 3.8) is 0 Å². The van der Waals surface area contributed by atoms with Gasteiger partial charge in [-0.2, -0.15) is 0 Å². The van der Waals surface area contributed by atoms with Crippen molar-refractivity contribution in [2.75, 3.05) is 13.2 Å². The average Bonchev–Trinajstić information content (AvgIpc) is 3.63. The molecule has 2 aliphatic rings. The molecule has 0 radical (unpaired) electrons. The van der Waals surface area contributed by atoms with Gasteiger partial charge in [0.15, 0.2) is 5.82 Å². The number of fused-ring (bicyclic) bond motifs is 4. The number of halogens is 1. The van der Waals surface area contributed by atoms with E-state index in [1.807, 2.05) is 49.4 Å². The van der Waals surface area contributed by atoms with Crippen molar-refractivity contribution < 1.29 is 19.1 Å². The molecular weight excluding hydrogens is 738 g/mol. The molecule has 5 heterocycles. The largest absolute Gasteiger partial charge is 0.381 e. The van der Waals surface area contributed by atoms with Gasteiger partial charge in [-0.3, -0.25) is 38.6 Å². The van der Waals surface area contributed by atoms with Crippen molar-refractivity contribution >= 4 is 57.1 Å². The Kier molecular flexibility index (Phi) is 11.5. The average molecular weight is 782 g/mol. The number of aliphatic imine (C=N–C) groups is 1. The number of Topliss-reactive ketones (excluding diaryl/α,β-unsaturated/α-hetero) is 1. The maximum atomic E-state index is 13.7. The number of aromatic nitrogens is 5. The molecule has 2 aliphatic heterocycles. The molecule has 55 heavy (non-hydrogen) atoms. The Bertz CT molecular complexity index is 2380. The van der Waals surface area contributed by atoms with Crippen LogP contribution in [0.15, 0.2) is 52.3 Å². The van der Waals surface area contributed by atoms with Crippen molar-refractivity contribution in [2.24, 2.45) is 4.99 Å². The van der Waals surface area contributed by atoms with Gasteiger partial charge in [0.05, 0.1) is 16.6 Å². The van der Waals surface area contributed by atoms with Crippen LogP contribution < -0.4 is 10.9 Å². The SMILES string of the molecule is Cc1sc2c(c1C)C(c1ccc(Cl)cc1)=N[C@@H](CC(=O)CCCCOCCCCc1cccc3nc(C)n(C4CCC(=O)NC4=O)c(=O)c13)c1nnc(C)n1-2. The van der Waals surface area contributed by atoms with E-state index in [0.717, 1.165) is 58.1 Å². The third kappa shape index (κ3) is 7.96. The van der Waals surface area contributed by atoms with Gasteiger partial charge in [-0.05, 0) is 95.5 Å². The molecule has 0 aliphatic carbocycles. The van der Waals surface area contributed by atoms with Crippen molar-refractivity contribution in [1.82, 2.24) is 29.6 Å². The molecule has 1 unspecified atom stereocenters. The number of hydrogen-bond acceptors (Lipinski definition) is 10. The molecule has 14 heteroatoms. The number of piperidine rings is 1. The minimum Gasteiger partial charge on any atom is -0.381 e. The van der Waals surface area contributed by atoms with Crippen LogP contribution in [0.25, 0.3) is 15.9 Å². The maximum absolute atomic E-state index is 13.7. The Morgan fingerprint density at radius 3 is 2.49 bits per heavy atom. The van der Waals surface area contributed by atoms with Crippen LogP contribution in [0.2, 0.25) is 5.02 Å². The lowest BCUT2D eigenvalue weighted by atomic mass is 9.99. The van der Waals surface area contributed by atoms with Crippen LogP contribution in [0, 0.1) is 27.7 Å². The summed E-state index contributed by atoms with van der Waals surface area (Å²) in [7, 11) is 0. The van der Waals surface area contributed by atoms with Crippen LogP contribution in [-0.4, -0.2) is 60.8 Å². The molecule has 2 amide bonds. The molecule has 2 aromatic carbocycles. The Balaban J connectivity index is 0.913. The molecule has 3 aromatic heterocycles. The monoisotopic (exact) mass is 781 g/mol. The number of nitrogens with zero attached hydrogens (tertiary/aromatic N) is 6. The fraction of sp³-hybridized carbons (Fsp3) is 0.415. The molecule has 0 spiro atoms. The van der Waals surface area contributed by atoms with E-state index in [1.54, 1.807) is 18.3 Å². The van der Waals surface area contributed by atoms with E-state index in [9.17, 15) is 19.2 Å². The molecule has 0 bridgehead atoms. The predicted octanol–water partition coefficient (Wildman–Crippen LogP) is 6.96. The van der Waals surface area contributed by atoms with Crippen molar-refractivity contribution in [3.05, 3.63) is 102 Å². The highest BCUT2D eigenvalue weighted by atomic mass is 35.5. The zero-order chi connectivity index (χ0) is 38.8. The number of aryl methyl sites for hydroxylation is 4. The van der Waals surface area contributed by atoms with Crippen LogP contribution >= 0.6 is 22.9 Å². The number of carbonyl (C=O) groups excluding carboxylic acids is 3. The lowest BCUT2D eigenvalue weighted by Gasteiger charge is -2.24. The van der Waals surface area contributed by atoms with Gasteiger partial charge in [0.2, 0.25) is 11.8 Å². The fourth-order valence-corrected chi connectivity index (χ4v) is 8.86. The summed E-state index contributed by atoms with van der Waals surface area (Å²) in [4.78, 5) is 62.4. The van der Waals surface area contributed by atoms with Crippen LogP contribution in [0.3, 0.4) is 0 Å². The van der Waals surface area contributed by atoms with E-state index in [4.69, 9.17) is 21.3 Å². The quantitative estimate of drug-likeness (QED) is 0.0939. The number of ketones is 1. The first-order valence-corrected chi connectivity index (χ1v) is 20.0. The number of unbranched alkanes of at least 4 members (excludes halogenated alkanes) is 2.